The van der Waals surface area contributed by atoms with E-state index in [-0.39, 0.29) is 0 Å². The SMILES string of the molecule is c1ccc(CCN2CCC(C3CCN(c4ncnc5[nH]ccc45)CC3)C2)cc1. The minimum Gasteiger partial charge on any atom is -0.356 e. The van der Waals surface area contributed by atoms with Crippen molar-refractivity contribution in [3.05, 3.63) is 54.5 Å². The largest absolute Gasteiger partial charge is 0.356 e. The highest BCUT2D eigenvalue weighted by molar-refractivity contribution is 5.87. The third-order valence-electron chi connectivity index (χ3n) is 6.71. The molecule has 0 spiro atoms. The number of nitrogens with one attached hydrogen (secondary N) is 1. The number of anilines is 1. The fourth-order valence-electron chi connectivity index (χ4n) is 5.08. The van der Waals surface area contributed by atoms with E-state index in [9.17, 15) is 0 Å². The lowest BCUT2D eigenvalue weighted by atomic mass is 9.83. The molecule has 0 radical (unpaired) electrons. The molecule has 5 nitrogen and oxygen atoms in total. The molecule has 28 heavy (non-hydrogen) atoms. The van der Waals surface area contributed by atoms with Crippen LogP contribution in [0.15, 0.2) is 48.9 Å². The van der Waals surface area contributed by atoms with Crippen molar-refractivity contribution in [1.29, 1.82) is 0 Å². The lowest BCUT2D eigenvalue weighted by Crippen LogP contribution is -2.37. The van der Waals surface area contributed by atoms with Gasteiger partial charge in [0.05, 0.1) is 5.39 Å². The van der Waals surface area contributed by atoms with Crippen molar-refractivity contribution < 1.29 is 0 Å². The van der Waals surface area contributed by atoms with Gasteiger partial charge in [-0.3, -0.25) is 0 Å². The van der Waals surface area contributed by atoms with Crippen molar-refractivity contribution in [1.82, 2.24) is 19.9 Å². The molecule has 0 aliphatic carbocycles. The first kappa shape index (κ1) is 17.7. The van der Waals surface area contributed by atoms with Gasteiger partial charge in [-0.25, -0.2) is 9.97 Å². The van der Waals surface area contributed by atoms with E-state index >= 15 is 0 Å². The van der Waals surface area contributed by atoms with Crippen LogP contribution in [0, 0.1) is 11.8 Å². The predicted molar refractivity (Wildman–Crippen MR) is 114 cm³/mol. The number of rotatable bonds is 5. The van der Waals surface area contributed by atoms with Gasteiger partial charge in [0.25, 0.3) is 0 Å². The molecular formula is C23H29N5. The summed E-state index contributed by atoms with van der Waals surface area (Å²) in [6.07, 6.45) is 8.75. The minimum absolute atomic E-state index is 0.863. The predicted octanol–water partition coefficient (Wildman–Crippen LogP) is 3.74. The van der Waals surface area contributed by atoms with E-state index in [1.54, 1.807) is 6.33 Å². The number of likely N-dealkylation sites (tertiary alicyclic amines) is 1. The Labute approximate surface area is 166 Å². The third-order valence-corrected chi connectivity index (χ3v) is 6.71. The number of hydrogen-bond donors (Lipinski definition) is 1. The van der Waals surface area contributed by atoms with Gasteiger partial charge in [0.15, 0.2) is 0 Å². The van der Waals surface area contributed by atoms with Crippen LogP contribution in [0.1, 0.15) is 24.8 Å². The summed E-state index contributed by atoms with van der Waals surface area (Å²) in [5, 5.41) is 1.15. The fraction of sp³-hybridized carbons (Fsp3) is 0.478. The van der Waals surface area contributed by atoms with Crippen molar-refractivity contribution >= 4 is 16.9 Å². The van der Waals surface area contributed by atoms with Crippen LogP contribution in [-0.2, 0) is 6.42 Å². The lowest BCUT2D eigenvalue weighted by molar-refractivity contribution is 0.257. The Kier molecular flexibility index (Phi) is 5.00. The fourth-order valence-corrected chi connectivity index (χ4v) is 5.08. The molecule has 1 N–H and O–H groups in total. The van der Waals surface area contributed by atoms with E-state index in [0.717, 1.165) is 41.8 Å². The van der Waals surface area contributed by atoms with E-state index in [1.807, 2.05) is 6.20 Å². The molecular weight excluding hydrogens is 346 g/mol. The molecule has 0 bridgehead atoms. The normalized spacial score (nSPS) is 21.6. The van der Waals surface area contributed by atoms with Gasteiger partial charge in [0, 0.05) is 32.4 Å². The van der Waals surface area contributed by atoms with Crippen molar-refractivity contribution in [2.75, 3.05) is 37.6 Å². The summed E-state index contributed by atoms with van der Waals surface area (Å²) in [5.41, 5.74) is 2.40. The zero-order valence-corrected chi connectivity index (χ0v) is 16.4. The first-order chi connectivity index (χ1) is 13.9. The van der Waals surface area contributed by atoms with Gasteiger partial charge < -0.3 is 14.8 Å². The summed E-state index contributed by atoms with van der Waals surface area (Å²) in [7, 11) is 0. The molecule has 1 unspecified atom stereocenters. The molecule has 5 heteroatoms. The second-order valence-electron chi connectivity index (χ2n) is 8.35. The number of benzene rings is 1. The van der Waals surface area contributed by atoms with Crippen LogP contribution in [0.2, 0.25) is 0 Å². The Hall–Kier alpha value is -2.40. The summed E-state index contributed by atoms with van der Waals surface area (Å²) in [6.45, 7) is 5.98. The highest BCUT2D eigenvalue weighted by Gasteiger charge is 2.32. The maximum Gasteiger partial charge on any atom is 0.142 e. The highest BCUT2D eigenvalue weighted by Crippen LogP contribution is 2.34. The average Bonchev–Trinajstić information content (AvgIpc) is 3.42. The highest BCUT2D eigenvalue weighted by atomic mass is 15.2. The van der Waals surface area contributed by atoms with Gasteiger partial charge >= 0.3 is 0 Å². The van der Waals surface area contributed by atoms with Crippen LogP contribution in [0.25, 0.3) is 11.0 Å². The Morgan fingerprint density at radius 2 is 1.75 bits per heavy atom. The quantitative estimate of drug-likeness (QED) is 0.738. The standard InChI is InChI=1S/C23H29N5/c1-2-4-18(5-3-1)7-12-27-13-8-20(16-27)19-9-14-28(15-10-19)23-21-6-11-24-22(21)25-17-26-23/h1-6,11,17,19-20H,7-10,12-16H2,(H,24,25,26). The molecule has 2 aliphatic heterocycles. The molecule has 1 atom stereocenters. The average molecular weight is 376 g/mol. The minimum atomic E-state index is 0.863. The second kappa shape index (κ2) is 7.92. The zero-order valence-electron chi connectivity index (χ0n) is 16.4. The molecule has 2 aromatic heterocycles. The van der Waals surface area contributed by atoms with Crippen molar-refractivity contribution in [3.8, 4) is 0 Å². The Morgan fingerprint density at radius 1 is 0.929 bits per heavy atom. The zero-order chi connectivity index (χ0) is 18.8. The third kappa shape index (κ3) is 3.63. The molecule has 0 amide bonds. The summed E-state index contributed by atoms with van der Waals surface area (Å²) < 4.78 is 0. The number of aromatic amines is 1. The number of aromatic nitrogens is 3. The topological polar surface area (TPSA) is 48.1 Å². The van der Waals surface area contributed by atoms with Gasteiger partial charge in [-0.05, 0) is 55.7 Å². The molecule has 0 saturated carbocycles. The molecule has 2 fully saturated rings. The van der Waals surface area contributed by atoms with E-state index in [1.165, 1.54) is 50.9 Å². The van der Waals surface area contributed by atoms with Crippen LogP contribution in [-0.4, -0.2) is 52.6 Å². The maximum atomic E-state index is 4.58. The summed E-state index contributed by atoms with van der Waals surface area (Å²) in [6, 6.07) is 13.0. The maximum absolute atomic E-state index is 4.58. The molecule has 1 aromatic carbocycles. The Balaban J connectivity index is 1.14. The first-order valence-corrected chi connectivity index (χ1v) is 10.7. The molecule has 2 saturated heterocycles. The van der Waals surface area contributed by atoms with Crippen LogP contribution in [0.5, 0.6) is 0 Å². The molecule has 4 heterocycles. The van der Waals surface area contributed by atoms with Crippen LogP contribution in [0.3, 0.4) is 0 Å². The van der Waals surface area contributed by atoms with Gasteiger partial charge in [0.1, 0.15) is 17.8 Å². The number of nitrogens with zero attached hydrogens (tertiary/aromatic N) is 4. The second-order valence-corrected chi connectivity index (χ2v) is 8.35. The molecule has 3 aromatic rings. The monoisotopic (exact) mass is 375 g/mol. The van der Waals surface area contributed by atoms with Gasteiger partial charge in [-0.15, -0.1) is 0 Å². The number of fused-ring (bicyclic) bond motifs is 1. The van der Waals surface area contributed by atoms with Gasteiger partial charge in [-0.2, -0.15) is 0 Å². The first-order valence-electron chi connectivity index (χ1n) is 10.7. The van der Waals surface area contributed by atoms with Gasteiger partial charge in [0.2, 0.25) is 0 Å². The van der Waals surface area contributed by atoms with Crippen LogP contribution in [0.4, 0.5) is 5.82 Å². The summed E-state index contributed by atoms with van der Waals surface area (Å²) in [4.78, 5) is 17.2. The van der Waals surface area contributed by atoms with Crippen molar-refractivity contribution in [2.45, 2.75) is 25.7 Å². The van der Waals surface area contributed by atoms with Gasteiger partial charge in [-0.1, -0.05) is 30.3 Å². The lowest BCUT2D eigenvalue weighted by Gasteiger charge is -2.35. The van der Waals surface area contributed by atoms with E-state index < -0.39 is 0 Å². The molecule has 5 rings (SSSR count). The van der Waals surface area contributed by atoms with E-state index in [4.69, 9.17) is 0 Å². The van der Waals surface area contributed by atoms with Crippen molar-refractivity contribution in [3.63, 3.8) is 0 Å². The van der Waals surface area contributed by atoms with Crippen LogP contribution < -0.4 is 4.90 Å². The Morgan fingerprint density at radius 3 is 2.61 bits per heavy atom. The van der Waals surface area contributed by atoms with E-state index in [0.29, 0.717) is 0 Å². The summed E-state index contributed by atoms with van der Waals surface area (Å²) in [5.74, 6) is 2.83. The van der Waals surface area contributed by atoms with E-state index in [2.05, 4.69) is 61.1 Å². The molecule has 2 aliphatic rings. The number of hydrogen-bond acceptors (Lipinski definition) is 4. The smallest absolute Gasteiger partial charge is 0.142 e. The number of piperidine rings is 1. The van der Waals surface area contributed by atoms with Crippen molar-refractivity contribution in [2.24, 2.45) is 11.8 Å². The molecule has 146 valence electrons. The summed E-state index contributed by atoms with van der Waals surface area (Å²) >= 11 is 0. The van der Waals surface area contributed by atoms with Crippen LogP contribution >= 0.6 is 0 Å². The Bertz CT molecular complexity index is 898. The number of H-pyrrole nitrogens is 1.